The number of hydrogen-bond donors (Lipinski definition) is 2. The molecule has 0 aliphatic carbocycles. The highest BCUT2D eigenvalue weighted by Crippen LogP contribution is 2.19. The van der Waals surface area contributed by atoms with Crippen LogP contribution in [0.1, 0.15) is 24.2 Å². The van der Waals surface area contributed by atoms with E-state index in [9.17, 15) is 15.0 Å². The van der Waals surface area contributed by atoms with Crippen molar-refractivity contribution in [1.29, 1.82) is 0 Å². The van der Waals surface area contributed by atoms with E-state index in [-0.39, 0.29) is 24.3 Å². The second kappa shape index (κ2) is 8.60. The van der Waals surface area contributed by atoms with Gasteiger partial charge in [0.1, 0.15) is 11.9 Å². The first kappa shape index (κ1) is 19.6. The Kier molecular flexibility index (Phi) is 6.75. The highest BCUT2D eigenvalue weighted by atomic mass is 16.5. The van der Waals surface area contributed by atoms with Crippen LogP contribution in [0.2, 0.25) is 0 Å². The third-order valence-corrected chi connectivity index (χ3v) is 4.28. The second-order valence-corrected chi connectivity index (χ2v) is 7.26. The van der Waals surface area contributed by atoms with Gasteiger partial charge < -0.3 is 24.7 Å². The first-order valence-corrected chi connectivity index (χ1v) is 8.66. The highest BCUT2D eigenvalue weighted by molar-refractivity contribution is 5.94. The summed E-state index contributed by atoms with van der Waals surface area (Å²) in [5.74, 6) is 0.634. The fourth-order valence-electron chi connectivity index (χ4n) is 2.94. The number of anilines is 1. The van der Waals surface area contributed by atoms with E-state index in [1.807, 2.05) is 38.9 Å². The summed E-state index contributed by atoms with van der Waals surface area (Å²) >= 11 is 0. The SMILES string of the molecule is CC(C)CN(C[C@@H]1COC[C@@H](O)[C@H]1O)C(=O)c1ccc(N(C)C)nc1. The van der Waals surface area contributed by atoms with Crippen molar-refractivity contribution in [2.45, 2.75) is 26.1 Å². The van der Waals surface area contributed by atoms with E-state index in [1.54, 1.807) is 17.2 Å². The smallest absolute Gasteiger partial charge is 0.255 e. The average molecular weight is 351 g/mol. The number of pyridine rings is 1. The van der Waals surface area contributed by atoms with E-state index >= 15 is 0 Å². The van der Waals surface area contributed by atoms with E-state index in [0.717, 1.165) is 5.82 Å². The summed E-state index contributed by atoms with van der Waals surface area (Å²) < 4.78 is 5.33. The number of aliphatic hydroxyl groups is 2. The number of hydrogen-bond acceptors (Lipinski definition) is 6. The van der Waals surface area contributed by atoms with Crippen molar-refractivity contribution in [3.8, 4) is 0 Å². The summed E-state index contributed by atoms with van der Waals surface area (Å²) in [5, 5.41) is 20.0. The number of nitrogens with zero attached hydrogens (tertiary/aromatic N) is 3. The van der Waals surface area contributed by atoms with Gasteiger partial charge in [-0.05, 0) is 18.1 Å². The van der Waals surface area contributed by atoms with Crippen molar-refractivity contribution in [2.75, 3.05) is 45.3 Å². The van der Waals surface area contributed by atoms with Gasteiger partial charge in [-0.15, -0.1) is 0 Å². The van der Waals surface area contributed by atoms with E-state index in [1.165, 1.54) is 0 Å². The zero-order chi connectivity index (χ0) is 18.6. The van der Waals surface area contributed by atoms with Gasteiger partial charge in [-0.25, -0.2) is 4.98 Å². The fourth-order valence-corrected chi connectivity index (χ4v) is 2.94. The average Bonchev–Trinajstić information content (AvgIpc) is 2.57. The first-order valence-electron chi connectivity index (χ1n) is 8.66. The van der Waals surface area contributed by atoms with Gasteiger partial charge in [0.05, 0.1) is 24.9 Å². The van der Waals surface area contributed by atoms with E-state index in [4.69, 9.17) is 4.74 Å². The van der Waals surface area contributed by atoms with Gasteiger partial charge in [0.25, 0.3) is 5.91 Å². The minimum atomic E-state index is -0.907. The lowest BCUT2D eigenvalue weighted by Gasteiger charge is -2.36. The third-order valence-electron chi connectivity index (χ3n) is 4.28. The Labute approximate surface area is 149 Å². The molecule has 0 saturated carbocycles. The number of ether oxygens (including phenoxy) is 1. The van der Waals surface area contributed by atoms with Crippen molar-refractivity contribution < 1.29 is 19.7 Å². The van der Waals surface area contributed by atoms with Crippen LogP contribution < -0.4 is 4.90 Å². The number of amides is 1. The third kappa shape index (κ3) is 5.14. The summed E-state index contributed by atoms with van der Waals surface area (Å²) in [6.45, 7) is 5.44. The van der Waals surface area contributed by atoms with Gasteiger partial charge in [-0.1, -0.05) is 13.8 Å². The lowest BCUT2D eigenvalue weighted by atomic mass is 9.95. The highest BCUT2D eigenvalue weighted by Gasteiger charge is 2.34. The normalized spacial score (nSPS) is 23.6. The maximum atomic E-state index is 12.9. The molecular weight excluding hydrogens is 322 g/mol. The Morgan fingerprint density at radius 2 is 2.04 bits per heavy atom. The molecule has 3 atom stereocenters. The van der Waals surface area contributed by atoms with Crippen LogP contribution in [0.5, 0.6) is 0 Å². The zero-order valence-electron chi connectivity index (χ0n) is 15.4. The van der Waals surface area contributed by atoms with Gasteiger partial charge in [-0.3, -0.25) is 4.79 Å². The minimum absolute atomic E-state index is 0.126. The Balaban J connectivity index is 2.13. The summed E-state index contributed by atoms with van der Waals surface area (Å²) in [5.41, 5.74) is 0.512. The minimum Gasteiger partial charge on any atom is -0.390 e. The molecular formula is C18H29N3O4. The van der Waals surface area contributed by atoms with E-state index in [2.05, 4.69) is 4.98 Å². The van der Waals surface area contributed by atoms with Gasteiger partial charge >= 0.3 is 0 Å². The van der Waals surface area contributed by atoms with Crippen molar-refractivity contribution in [2.24, 2.45) is 11.8 Å². The number of aromatic nitrogens is 1. The molecule has 25 heavy (non-hydrogen) atoms. The largest absolute Gasteiger partial charge is 0.390 e. The number of rotatable bonds is 6. The Morgan fingerprint density at radius 1 is 1.32 bits per heavy atom. The summed E-state index contributed by atoms with van der Waals surface area (Å²) in [6, 6.07) is 3.57. The second-order valence-electron chi connectivity index (χ2n) is 7.26. The molecule has 2 heterocycles. The van der Waals surface area contributed by atoms with E-state index < -0.39 is 12.2 Å². The predicted molar refractivity (Wildman–Crippen MR) is 95.6 cm³/mol. The molecule has 7 heteroatoms. The number of carbonyl (C=O) groups is 1. The summed E-state index contributed by atoms with van der Waals surface area (Å²) in [6.07, 6.45) is -0.213. The maximum absolute atomic E-state index is 12.9. The van der Waals surface area contributed by atoms with Crippen LogP contribution in [0, 0.1) is 11.8 Å². The van der Waals surface area contributed by atoms with Crippen molar-refractivity contribution in [3.05, 3.63) is 23.9 Å². The molecule has 0 spiro atoms. The van der Waals surface area contributed by atoms with Crippen LogP contribution in [0.4, 0.5) is 5.82 Å². The molecule has 0 radical (unpaired) electrons. The lowest BCUT2D eigenvalue weighted by Crippen LogP contribution is -2.50. The van der Waals surface area contributed by atoms with Gasteiger partial charge in [0, 0.05) is 39.3 Å². The quantitative estimate of drug-likeness (QED) is 0.781. The molecule has 0 unspecified atom stereocenters. The Hall–Kier alpha value is -1.70. The number of aliphatic hydroxyl groups excluding tert-OH is 2. The molecule has 1 aliphatic heterocycles. The molecule has 2 rings (SSSR count). The van der Waals surface area contributed by atoms with Crippen LogP contribution in [0.3, 0.4) is 0 Å². The summed E-state index contributed by atoms with van der Waals surface area (Å²) in [7, 11) is 3.79. The fraction of sp³-hybridized carbons (Fsp3) is 0.667. The van der Waals surface area contributed by atoms with Gasteiger partial charge in [-0.2, -0.15) is 0 Å². The molecule has 1 amide bonds. The topological polar surface area (TPSA) is 86.1 Å². The molecule has 1 aromatic rings. The predicted octanol–water partition coefficient (Wildman–Crippen LogP) is 0.614. The van der Waals surface area contributed by atoms with Crippen LogP contribution in [0.15, 0.2) is 18.3 Å². The lowest BCUT2D eigenvalue weighted by molar-refractivity contribution is -0.124. The standard InChI is InChI=1S/C18H29N3O4/c1-12(2)8-21(9-14-10-25-11-15(22)17(14)23)18(24)13-5-6-16(19-7-13)20(3)4/h5-7,12,14-15,17,22-23H,8-11H2,1-4H3/t14-,15-,17+/m1/s1. The summed E-state index contributed by atoms with van der Waals surface area (Å²) in [4.78, 5) is 20.8. The van der Waals surface area contributed by atoms with Gasteiger partial charge in [0.15, 0.2) is 0 Å². The Morgan fingerprint density at radius 3 is 2.60 bits per heavy atom. The molecule has 0 aromatic carbocycles. The Bertz CT molecular complexity index is 562. The molecule has 7 nitrogen and oxygen atoms in total. The molecule has 0 bridgehead atoms. The zero-order valence-corrected chi connectivity index (χ0v) is 15.4. The molecule has 1 aromatic heterocycles. The first-order chi connectivity index (χ1) is 11.8. The molecule has 1 saturated heterocycles. The van der Waals surface area contributed by atoms with Crippen molar-refractivity contribution >= 4 is 11.7 Å². The van der Waals surface area contributed by atoms with Gasteiger partial charge in [0.2, 0.25) is 0 Å². The van der Waals surface area contributed by atoms with Crippen LogP contribution in [-0.2, 0) is 4.74 Å². The van der Waals surface area contributed by atoms with Crippen molar-refractivity contribution in [3.63, 3.8) is 0 Å². The monoisotopic (exact) mass is 351 g/mol. The molecule has 2 N–H and O–H groups in total. The molecule has 1 fully saturated rings. The van der Waals surface area contributed by atoms with Crippen LogP contribution >= 0.6 is 0 Å². The molecule has 1 aliphatic rings. The number of carbonyl (C=O) groups excluding carboxylic acids is 1. The van der Waals surface area contributed by atoms with E-state index in [0.29, 0.717) is 25.3 Å². The van der Waals surface area contributed by atoms with Crippen LogP contribution in [-0.4, -0.2) is 78.6 Å². The maximum Gasteiger partial charge on any atom is 0.255 e. The van der Waals surface area contributed by atoms with Crippen molar-refractivity contribution in [1.82, 2.24) is 9.88 Å². The molecule has 140 valence electrons. The van der Waals surface area contributed by atoms with Crippen LogP contribution in [0.25, 0.3) is 0 Å².